The Labute approximate surface area is 131 Å². The molecule has 1 atom stereocenters. The standard InChI is InChI=1S/C17H24N2O3/c1-13-5-7-14(8-6-13)17(22)19-10-2-4-15(12-19)16(21)18-9-3-11-20/h5-8,15,20H,2-4,9-12H2,1H3,(H,18,21). The van der Waals surface area contributed by atoms with Crippen molar-refractivity contribution in [2.75, 3.05) is 26.2 Å². The molecule has 1 heterocycles. The van der Waals surface area contributed by atoms with E-state index in [0.29, 0.717) is 31.6 Å². The van der Waals surface area contributed by atoms with E-state index in [4.69, 9.17) is 5.11 Å². The van der Waals surface area contributed by atoms with Crippen LogP contribution in [0.25, 0.3) is 0 Å². The first-order valence-electron chi connectivity index (χ1n) is 7.86. The second kappa shape index (κ2) is 7.94. The summed E-state index contributed by atoms with van der Waals surface area (Å²) in [6.45, 7) is 3.72. The van der Waals surface area contributed by atoms with Crippen LogP contribution in [0.2, 0.25) is 0 Å². The summed E-state index contributed by atoms with van der Waals surface area (Å²) < 4.78 is 0. The van der Waals surface area contributed by atoms with Crippen molar-refractivity contribution in [2.45, 2.75) is 26.2 Å². The molecule has 1 fully saturated rings. The molecule has 5 heteroatoms. The molecule has 0 spiro atoms. The Balaban J connectivity index is 1.93. The van der Waals surface area contributed by atoms with E-state index < -0.39 is 0 Å². The van der Waals surface area contributed by atoms with Crippen LogP contribution in [-0.4, -0.2) is 48.1 Å². The van der Waals surface area contributed by atoms with Crippen LogP contribution < -0.4 is 5.32 Å². The minimum Gasteiger partial charge on any atom is -0.396 e. The van der Waals surface area contributed by atoms with E-state index in [1.165, 1.54) is 0 Å². The van der Waals surface area contributed by atoms with E-state index >= 15 is 0 Å². The first-order valence-corrected chi connectivity index (χ1v) is 7.86. The number of aliphatic hydroxyl groups excluding tert-OH is 1. The Bertz CT molecular complexity index is 513. The van der Waals surface area contributed by atoms with Crippen molar-refractivity contribution < 1.29 is 14.7 Å². The lowest BCUT2D eigenvalue weighted by Crippen LogP contribution is -2.45. The Morgan fingerprint density at radius 3 is 2.73 bits per heavy atom. The number of rotatable bonds is 5. The first kappa shape index (κ1) is 16.5. The summed E-state index contributed by atoms with van der Waals surface area (Å²) in [6.07, 6.45) is 2.21. The number of aliphatic hydroxyl groups is 1. The molecule has 0 radical (unpaired) electrons. The van der Waals surface area contributed by atoms with Gasteiger partial charge in [0.25, 0.3) is 5.91 Å². The zero-order valence-corrected chi connectivity index (χ0v) is 13.0. The van der Waals surface area contributed by atoms with E-state index in [1.54, 1.807) is 4.90 Å². The molecular weight excluding hydrogens is 280 g/mol. The minimum atomic E-state index is -0.151. The number of hydrogen-bond donors (Lipinski definition) is 2. The van der Waals surface area contributed by atoms with Gasteiger partial charge in [0.2, 0.25) is 5.91 Å². The molecule has 0 saturated carbocycles. The third kappa shape index (κ3) is 4.31. The zero-order chi connectivity index (χ0) is 15.9. The number of piperidine rings is 1. The molecule has 1 aliphatic heterocycles. The van der Waals surface area contributed by atoms with Gasteiger partial charge < -0.3 is 15.3 Å². The van der Waals surface area contributed by atoms with Crippen LogP contribution in [0.5, 0.6) is 0 Å². The number of nitrogens with zero attached hydrogens (tertiary/aromatic N) is 1. The van der Waals surface area contributed by atoms with E-state index in [0.717, 1.165) is 18.4 Å². The molecule has 1 aliphatic rings. The molecule has 1 aromatic rings. The van der Waals surface area contributed by atoms with Gasteiger partial charge in [-0.25, -0.2) is 0 Å². The largest absolute Gasteiger partial charge is 0.396 e. The highest BCUT2D eigenvalue weighted by molar-refractivity contribution is 5.94. The van der Waals surface area contributed by atoms with Crippen LogP contribution in [0.15, 0.2) is 24.3 Å². The predicted molar refractivity (Wildman–Crippen MR) is 84.5 cm³/mol. The number of nitrogens with one attached hydrogen (secondary N) is 1. The van der Waals surface area contributed by atoms with Gasteiger partial charge in [-0.2, -0.15) is 0 Å². The third-order valence-electron chi connectivity index (χ3n) is 4.01. The van der Waals surface area contributed by atoms with Gasteiger partial charge in [0, 0.05) is 31.8 Å². The molecule has 0 bridgehead atoms. The summed E-state index contributed by atoms with van der Waals surface area (Å²) >= 11 is 0. The normalized spacial score (nSPS) is 18.1. The molecule has 22 heavy (non-hydrogen) atoms. The summed E-state index contributed by atoms with van der Waals surface area (Å²) in [5, 5.41) is 11.6. The molecule has 1 unspecified atom stereocenters. The number of hydrogen-bond acceptors (Lipinski definition) is 3. The van der Waals surface area contributed by atoms with Crippen LogP contribution in [0.1, 0.15) is 35.2 Å². The SMILES string of the molecule is Cc1ccc(C(=O)N2CCCC(C(=O)NCCCO)C2)cc1. The van der Waals surface area contributed by atoms with Crippen molar-refractivity contribution in [3.8, 4) is 0 Å². The highest BCUT2D eigenvalue weighted by Gasteiger charge is 2.28. The Morgan fingerprint density at radius 1 is 1.32 bits per heavy atom. The van der Waals surface area contributed by atoms with Gasteiger partial charge in [0.1, 0.15) is 0 Å². The van der Waals surface area contributed by atoms with E-state index in [1.807, 2.05) is 31.2 Å². The summed E-state index contributed by atoms with van der Waals surface area (Å²) in [5.41, 5.74) is 1.79. The van der Waals surface area contributed by atoms with Crippen LogP contribution >= 0.6 is 0 Å². The highest BCUT2D eigenvalue weighted by Crippen LogP contribution is 2.19. The van der Waals surface area contributed by atoms with Crippen LogP contribution in [0, 0.1) is 12.8 Å². The summed E-state index contributed by atoms with van der Waals surface area (Å²) in [5.74, 6) is -0.176. The van der Waals surface area contributed by atoms with E-state index in [2.05, 4.69) is 5.32 Å². The summed E-state index contributed by atoms with van der Waals surface area (Å²) in [4.78, 5) is 26.4. The molecule has 2 amide bonds. The van der Waals surface area contributed by atoms with Gasteiger partial charge in [-0.3, -0.25) is 9.59 Å². The smallest absolute Gasteiger partial charge is 0.253 e. The lowest BCUT2D eigenvalue weighted by Gasteiger charge is -2.32. The van der Waals surface area contributed by atoms with Crippen LogP contribution in [0.4, 0.5) is 0 Å². The highest BCUT2D eigenvalue weighted by atomic mass is 16.3. The molecule has 1 aromatic carbocycles. The van der Waals surface area contributed by atoms with E-state index in [-0.39, 0.29) is 24.3 Å². The number of aryl methyl sites for hydroxylation is 1. The second-order valence-electron chi connectivity index (χ2n) is 5.82. The van der Waals surface area contributed by atoms with Gasteiger partial charge in [-0.1, -0.05) is 17.7 Å². The van der Waals surface area contributed by atoms with Crippen molar-refractivity contribution in [1.29, 1.82) is 0 Å². The number of carbonyl (C=O) groups excluding carboxylic acids is 2. The molecule has 2 N–H and O–H groups in total. The molecule has 2 rings (SSSR count). The quantitative estimate of drug-likeness (QED) is 0.807. The zero-order valence-electron chi connectivity index (χ0n) is 13.0. The van der Waals surface area contributed by atoms with Crippen LogP contribution in [0.3, 0.4) is 0 Å². The fourth-order valence-corrected chi connectivity index (χ4v) is 2.69. The van der Waals surface area contributed by atoms with Crippen molar-refractivity contribution in [2.24, 2.45) is 5.92 Å². The average Bonchev–Trinajstić information content (AvgIpc) is 2.55. The van der Waals surface area contributed by atoms with Crippen LogP contribution in [-0.2, 0) is 4.79 Å². The minimum absolute atomic E-state index is 0.00661. The van der Waals surface area contributed by atoms with Gasteiger partial charge in [0.05, 0.1) is 5.92 Å². The van der Waals surface area contributed by atoms with Crippen molar-refractivity contribution in [1.82, 2.24) is 10.2 Å². The summed E-state index contributed by atoms with van der Waals surface area (Å²) in [6, 6.07) is 7.53. The lowest BCUT2D eigenvalue weighted by atomic mass is 9.96. The van der Waals surface area contributed by atoms with Gasteiger partial charge in [0.15, 0.2) is 0 Å². The Morgan fingerprint density at radius 2 is 2.05 bits per heavy atom. The van der Waals surface area contributed by atoms with Gasteiger partial charge in [-0.15, -0.1) is 0 Å². The molecule has 0 aliphatic carbocycles. The number of carbonyl (C=O) groups is 2. The van der Waals surface area contributed by atoms with Crippen molar-refractivity contribution >= 4 is 11.8 Å². The fraction of sp³-hybridized carbons (Fsp3) is 0.529. The van der Waals surface area contributed by atoms with Gasteiger partial charge >= 0.3 is 0 Å². The molecule has 0 aromatic heterocycles. The first-order chi connectivity index (χ1) is 10.6. The maximum absolute atomic E-state index is 12.5. The lowest BCUT2D eigenvalue weighted by molar-refractivity contribution is -0.126. The number of likely N-dealkylation sites (tertiary alicyclic amines) is 1. The van der Waals surface area contributed by atoms with Crippen molar-refractivity contribution in [3.63, 3.8) is 0 Å². The number of benzene rings is 1. The average molecular weight is 304 g/mol. The predicted octanol–water partition coefficient (Wildman–Crippen LogP) is 1.35. The maximum Gasteiger partial charge on any atom is 0.253 e. The number of amides is 2. The molecule has 120 valence electrons. The maximum atomic E-state index is 12.5. The fourth-order valence-electron chi connectivity index (χ4n) is 2.69. The molecular formula is C17H24N2O3. The van der Waals surface area contributed by atoms with Crippen molar-refractivity contribution in [3.05, 3.63) is 35.4 Å². The third-order valence-corrected chi connectivity index (χ3v) is 4.01. The summed E-state index contributed by atoms with van der Waals surface area (Å²) in [7, 11) is 0. The topological polar surface area (TPSA) is 69.6 Å². The second-order valence-corrected chi connectivity index (χ2v) is 5.82. The Kier molecular flexibility index (Phi) is 5.95. The van der Waals surface area contributed by atoms with Gasteiger partial charge in [-0.05, 0) is 38.3 Å². The monoisotopic (exact) mass is 304 g/mol. The molecule has 1 saturated heterocycles. The van der Waals surface area contributed by atoms with E-state index in [9.17, 15) is 9.59 Å². The Hall–Kier alpha value is -1.88. The molecule has 5 nitrogen and oxygen atoms in total.